The molecule has 0 aliphatic carbocycles. The van der Waals surface area contributed by atoms with Gasteiger partial charge in [-0.25, -0.2) is 4.98 Å². The van der Waals surface area contributed by atoms with Crippen LogP contribution in [0.3, 0.4) is 0 Å². The molecular weight excluding hydrogens is 458 g/mol. The molecule has 0 radical (unpaired) electrons. The molecule has 2 amide bonds. The van der Waals surface area contributed by atoms with Crippen LogP contribution >= 0.6 is 10.8 Å². The molecule has 3 aromatic rings. The first-order valence-electron chi connectivity index (χ1n) is 10.8. The van der Waals surface area contributed by atoms with Crippen molar-refractivity contribution < 1.29 is 23.8 Å². The number of carbonyl (C=O) groups is 2. The number of aromatic nitrogens is 2. The molecule has 34 heavy (non-hydrogen) atoms. The van der Waals surface area contributed by atoms with Crippen LogP contribution in [0, 0.1) is 0 Å². The van der Waals surface area contributed by atoms with Crippen molar-refractivity contribution in [3.63, 3.8) is 0 Å². The average molecular weight is 486 g/mol. The molecule has 3 heterocycles. The van der Waals surface area contributed by atoms with Crippen LogP contribution in [0.2, 0.25) is 0 Å². The quantitative estimate of drug-likeness (QED) is 0.432. The highest BCUT2D eigenvalue weighted by Gasteiger charge is 2.31. The van der Waals surface area contributed by atoms with Gasteiger partial charge in [0.1, 0.15) is 5.52 Å². The van der Waals surface area contributed by atoms with Gasteiger partial charge >= 0.3 is 0 Å². The van der Waals surface area contributed by atoms with Gasteiger partial charge in [-0.3, -0.25) is 28.0 Å². The molecule has 0 spiro atoms. The Bertz CT molecular complexity index is 1250. The SMILES string of the molecule is CN(C)C(=O)c1ccccc1CNC(=O)c1nc(N2CCCCS2(O)O)c2cccnc2c1O. The van der Waals surface area contributed by atoms with E-state index in [0.29, 0.717) is 29.5 Å². The number of pyridine rings is 2. The minimum Gasteiger partial charge on any atom is -0.504 e. The van der Waals surface area contributed by atoms with Crippen LogP contribution in [0.15, 0.2) is 42.6 Å². The molecule has 10 nitrogen and oxygen atoms in total. The fraction of sp³-hybridized carbons (Fsp3) is 0.304. The van der Waals surface area contributed by atoms with Crippen LogP contribution in [-0.4, -0.2) is 67.3 Å². The molecule has 4 N–H and O–H groups in total. The van der Waals surface area contributed by atoms with E-state index < -0.39 is 22.4 Å². The Kier molecular flexibility index (Phi) is 6.60. The number of amides is 2. The molecule has 1 aliphatic heterocycles. The number of aromatic hydroxyl groups is 1. The number of rotatable bonds is 5. The summed E-state index contributed by atoms with van der Waals surface area (Å²) in [6, 6.07) is 10.2. The van der Waals surface area contributed by atoms with E-state index in [1.165, 1.54) is 15.4 Å². The van der Waals surface area contributed by atoms with Crippen LogP contribution in [0.4, 0.5) is 5.82 Å². The van der Waals surface area contributed by atoms with Crippen molar-refractivity contribution in [3.8, 4) is 5.75 Å². The van der Waals surface area contributed by atoms with Crippen LogP contribution < -0.4 is 9.62 Å². The first-order valence-corrected chi connectivity index (χ1v) is 12.5. The van der Waals surface area contributed by atoms with E-state index >= 15 is 0 Å². The predicted molar refractivity (Wildman–Crippen MR) is 131 cm³/mol. The van der Waals surface area contributed by atoms with Gasteiger partial charge in [0.05, 0.1) is 5.75 Å². The molecule has 1 saturated heterocycles. The highest BCUT2D eigenvalue weighted by molar-refractivity contribution is 8.25. The fourth-order valence-corrected chi connectivity index (χ4v) is 5.54. The molecule has 11 heteroatoms. The minimum absolute atomic E-state index is 0.0319. The summed E-state index contributed by atoms with van der Waals surface area (Å²) in [5.41, 5.74) is 0.923. The molecular formula is C23H27N5O5S. The van der Waals surface area contributed by atoms with Gasteiger partial charge in [0, 0.05) is 44.3 Å². The summed E-state index contributed by atoms with van der Waals surface area (Å²) < 4.78 is 22.7. The zero-order valence-corrected chi connectivity index (χ0v) is 19.7. The van der Waals surface area contributed by atoms with Crippen LogP contribution in [0.5, 0.6) is 5.75 Å². The molecule has 1 aromatic carbocycles. The van der Waals surface area contributed by atoms with Crippen molar-refractivity contribution in [2.24, 2.45) is 0 Å². The van der Waals surface area contributed by atoms with Gasteiger partial charge in [-0.15, -0.1) is 10.8 Å². The third-order valence-corrected chi connectivity index (χ3v) is 7.54. The first-order chi connectivity index (χ1) is 16.2. The summed E-state index contributed by atoms with van der Waals surface area (Å²) in [5, 5.41) is 13.9. The number of nitrogens with zero attached hydrogens (tertiary/aromatic N) is 4. The highest BCUT2D eigenvalue weighted by atomic mass is 32.3. The summed E-state index contributed by atoms with van der Waals surface area (Å²) in [6.45, 7) is 0.384. The predicted octanol–water partition coefficient (Wildman–Crippen LogP) is 3.23. The molecule has 0 unspecified atom stereocenters. The third-order valence-electron chi connectivity index (χ3n) is 5.64. The Morgan fingerprint density at radius 2 is 1.91 bits per heavy atom. The van der Waals surface area contributed by atoms with E-state index in [1.807, 2.05) is 0 Å². The minimum atomic E-state index is -3.11. The Morgan fingerprint density at radius 3 is 2.65 bits per heavy atom. The number of hydrogen-bond acceptors (Lipinski definition) is 8. The van der Waals surface area contributed by atoms with Crippen molar-refractivity contribution in [2.75, 3.05) is 30.7 Å². The Morgan fingerprint density at radius 1 is 1.15 bits per heavy atom. The number of hydrogen-bond donors (Lipinski definition) is 4. The monoisotopic (exact) mass is 485 g/mol. The van der Waals surface area contributed by atoms with Crippen molar-refractivity contribution >= 4 is 39.3 Å². The number of anilines is 1. The topological polar surface area (TPSA) is 139 Å². The lowest BCUT2D eigenvalue weighted by molar-refractivity contribution is 0.0824. The van der Waals surface area contributed by atoms with E-state index in [1.54, 1.807) is 50.5 Å². The maximum absolute atomic E-state index is 13.1. The molecule has 0 saturated carbocycles. The maximum atomic E-state index is 13.1. The summed E-state index contributed by atoms with van der Waals surface area (Å²) >= 11 is 0. The molecule has 0 bridgehead atoms. The van der Waals surface area contributed by atoms with Gasteiger partial charge in [-0.2, -0.15) is 0 Å². The second kappa shape index (κ2) is 9.45. The smallest absolute Gasteiger partial charge is 0.274 e. The van der Waals surface area contributed by atoms with Crippen molar-refractivity contribution in [2.45, 2.75) is 19.4 Å². The normalized spacial score (nSPS) is 16.2. The largest absolute Gasteiger partial charge is 0.504 e. The lowest BCUT2D eigenvalue weighted by Gasteiger charge is -2.47. The molecule has 1 fully saturated rings. The van der Waals surface area contributed by atoms with Crippen LogP contribution in [0.1, 0.15) is 39.3 Å². The molecule has 2 aromatic heterocycles. The number of benzene rings is 1. The standard InChI is InChI=1S/C23H27N5O5S/c1-27(2)23(31)16-9-4-3-8-15(16)14-25-22(30)19-20(29)18-17(10-7-11-24-18)21(26-19)28-12-5-6-13-34(28,32)33/h3-4,7-11,29,32-33H,5-6,12-14H2,1-2H3,(H,25,30). The molecule has 0 atom stereocenters. The van der Waals surface area contributed by atoms with Crippen molar-refractivity contribution in [1.82, 2.24) is 20.2 Å². The summed E-state index contributed by atoms with van der Waals surface area (Å²) in [6.07, 6.45) is 2.88. The second-order valence-electron chi connectivity index (χ2n) is 8.22. The third kappa shape index (κ3) is 4.49. The van der Waals surface area contributed by atoms with Crippen molar-refractivity contribution in [3.05, 3.63) is 59.4 Å². The summed E-state index contributed by atoms with van der Waals surface area (Å²) in [7, 11) is 0.180. The number of nitrogens with one attached hydrogen (secondary N) is 1. The van der Waals surface area contributed by atoms with Gasteiger partial charge in [-0.1, -0.05) is 18.2 Å². The van der Waals surface area contributed by atoms with Gasteiger partial charge in [0.15, 0.2) is 17.3 Å². The highest BCUT2D eigenvalue weighted by Crippen LogP contribution is 2.51. The zero-order chi connectivity index (χ0) is 24.5. The van der Waals surface area contributed by atoms with E-state index in [0.717, 1.165) is 6.42 Å². The van der Waals surface area contributed by atoms with Crippen LogP contribution in [0.25, 0.3) is 10.9 Å². The summed E-state index contributed by atoms with van der Waals surface area (Å²) in [4.78, 5) is 35.6. The van der Waals surface area contributed by atoms with Gasteiger partial charge < -0.3 is 15.3 Å². The summed E-state index contributed by atoms with van der Waals surface area (Å²) in [5.74, 6) is -0.877. The number of carbonyl (C=O) groups excluding carboxylic acids is 2. The van der Waals surface area contributed by atoms with E-state index in [4.69, 9.17) is 0 Å². The Balaban J connectivity index is 1.70. The zero-order valence-electron chi connectivity index (χ0n) is 18.9. The maximum Gasteiger partial charge on any atom is 0.274 e. The Hall–Kier alpha value is -3.41. The Labute approximate surface area is 198 Å². The van der Waals surface area contributed by atoms with Crippen molar-refractivity contribution in [1.29, 1.82) is 0 Å². The van der Waals surface area contributed by atoms with E-state index in [-0.39, 0.29) is 35.2 Å². The lowest BCUT2D eigenvalue weighted by atomic mass is 10.1. The van der Waals surface area contributed by atoms with Crippen LogP contribution in [-0.2, 0) is 6.54 Å². The molecule has 1 aliphatic rings. The first kappa shape index (κ1) is 23.7. The molecule has 4 rings (SSSR count). The van der Waals surface area contributed by atoms with E-state index in [9.17, 15) is 23.8 Å². The van der Waals surface area contributed by atoms with Gasteiger partial charge in [0.25, 0.3) is 11.8 Å². The fourth-order valence-electron chi connectivity index (χ4n) is 3.89. The molecule has 180 valence electrons. The lowest BCUT2D eigenvalue weighted by Crippen LogP contribution is -2.35. The van der Waals surface area contributed by atoms with Gasteiger partial charge in [-0.05, 0) is 36.6 Å². The van der Waals surface area contributed by atoms with E-state index in [2.05, 4.69) is 15.3 Å². The van der Waals surface area contributed by atoms with Gasteiger partial charge in [0.2, 0.25) is 0 Å². The second-order valence-corrected chi connectivity index (χ2v) is 10.3. The average Bonchev–Trinajstić information content (AvgIpc) is 2.83. The number of fused-ring (bicyclic) bond motifs is 1.